The van der Waals surface area contributed by atoms with E-state index >= 15 is 0 Å². The normalized spacial score (nSPS) is 17.5. The minimum Gasteiger partial charge on any atom is -0.497 e. The maximum absolute atomic E-state index is 11.2. The van der Waals surface area contributed by atoms with Crippen molar-refractivity contribution in [1.82, 2.24) is 10.2 Å². The Morgan fingerprint density at radius 2 is 1.36 bits per heavy atom. The van der Waals surface area contributed by atoms with Crippen molar-refractivity contribution in [2.45, 2.75) is 37.5 Å². The first-order valence-electron chi connectivity index (χ1n) is 11.9. The van der Waals surface area contributed by atoms with Gasteiger partial charge < -0.3 is 19.5 Å². The van der Waals surface area contributed by atoms with Gasteiger partial charge in [-0.05, 0) is 99.1 Å². The number of piperidine rings is 2. The minimum absolute atomic E-state index is 0.153. The van der Waals surface area contributed by atoms with Crippen molar-refractivity contribution in [3.63, 3.8) is 0 Å². The van der Waals surface area contributed by atoms with Crippen molar-refractivity contribution in [3.8, 4) is 11.5 Å². The fraction of sp³-hybridized carbons (Fsp3) is 0.519. The predicted molar refractivity (Wildman–Crippen MR) is 131 cm³/mol. The maximum atomic E-state index is 11.2. The van der Waals surface area contributed by atoms with Crippen molar-refractivity contribution >= 4 is 5.97 Å². The van der Waals surface area contributed by atoms with Crippen LogP contribution in [0, 0.1) is 0 Å². The Labute approximate surface area is 198 Å². The lowest BCUT2D eigenvalue weighted by Gasteiger charge is -2.31. The van der Waals surface area contributed by atoms with Crippen molar-refractivity contribution in [1.29, 1.82) is 0 Å². The van der Waals surface area contributed by atoms with Gasteiger partial charge in [-0.25, -0.2) is 0 Å². The van der Waals surface area contributed by atoms with Crippen molar-refractivity contribution in [3.05, 3.63) is 59.7 Å². The molecule has 0 aromatic heterocycles. The Hall–Kier alpha value is -2.57. The highest BCUT2D eigenvalue weighted by atomic mass is 16.5. The Morgan fingerprint density at radius 3 is 1.85 bits per heavy atom. The van der Waals surface area contributed by atoms with Crippen LogP contribution in [0.1, 0.15) is 48.6 Å². The number of ether oxygens (including phenoxy) is 3. The van der Waals surface area contributed by atoms with Gasteiger partial charge in [0.1, 0.15) is 11.5 Å². The molecule has 0 saturated carbocycles. The first kappa shape index (κ1) is 25.1. The van der Waals surface area contributed by atoms with E-state index in [9.17, 15) is 4.79 Å². The molecule has 0 amide bonds. The molecule has 2 saturated heterocycles. The average molecular weight is 455 g/mol. The number of carbonyl (C=O) groups excluding carboxylic acids is 1. The molecule has 2 heterocycles. The Morgan fingerprint density at radius 1 is 0.848 bits per heavy atom. The summed E-state index contributed by atoms with van der Waals surface area (Å²) in [5.74, 6) is 3.01. The van der Waals surface area contributed by atoms with Gasteiger partial charge >= 0.3 is 5.97 Å². The van der Waals surface area contributed by atoms with E-state index in [0.717, 1.165) is 50.5 Å². The summed E-state index contributed by atoms with van der Waals surface area (Å²) in [6, 6.07) is 16.7. The average Bonchev–Trinajstić information content (AvgIpc) is 2.90. The summed E-state index contributed by atoms with van der Waals surface area (Å²) in [5.41, 5.74) is 2.75. The summed E-state index contributed by atoms with van der Waals surface area (Å²) in [4.78, 5) is 13.4. The molecule has 0 aliphatic carbocycles. The summed E-state index contributed by atoms with van der Waals surface area (Å²) in [5, 5.41) is 3.38. The monoisotopic (exact) mass is 454 g/mol. The van der Waals surface area contributed by atoms with E-state index in [0.29, 0.717) is 18.4 Å². The second-order valence-electron chi connectivity index (χ2n) is 8.70. The number of benzene rings is 2. The number of esters is 1. The molecule has 2 aromatic rings. The fourth-order valence-corrected chi connectivity index (χ4v) is 4.62. The van der Waals surface area contributed by atoms with Crippen LogP contribution in [-0.2, 0) is 9.53 Å². The standard InChI is InChI=1S/C15H21NO3.C12H17NO/c1-18-14-5-3-4-13(10-14)12-6-8-16(9-7-12)11-15(17)19-2;1-14-12-4-2-3-11(9-12)10-5-7-13-8-6-10/h3-5,10,12H,6-9,11H2,1-2H3;2-4,9-10,13H,5-8H2,1H3. The molecule has 180 valence electrons. The number of hydrogen-bond donors (Lipinski definition) is 1. The van der Waals surface area contributed by atoms with E-state index in [1.165, 1.54) is 31.1 Å². The molecular weight excluding hydrogens is 416 g/mol. The number of rotatable bonds is 6. The highest BCUT2D eigenvalue weighted by Gasteiger charge is 2.22. The molecule has 6 nitrogen and oxygen atoms in total. The van der Waals surface area contributed by atoms with Gasteiger partial charge in [-0.2, -0.15) is 0 Å². The summed E-state index contributed by atoms with van der Waals surface area (Å²) in [6.45, 7) is 4.57. The smallest absolute Gasteiger partial charge is 0.319 e. The van der Waals surface area contributed by atoms with Crippen LogP contribution in [0.5, 0.6) is 11.5 Å². The van der Waals surface area contributed by atoms with Crippen molar-refractivity contribution < 1.29 is 19.0 Å². The van der Waals surface area contributed by atoms with Gasteiger partial charge in [-0.15, -0.1) is 0 Å². The number of hydrogen-bond acceptors (Lipinski definition) is 6. The first-order valence-corrected chi connectivity index (χ1v) is 11.9. The van der Waals surface area contributed by atoms with Gasteiger partial charge in [-0.3, -0.25) is 9.69 Å². The number of methoxy groups -OCH3 is 3. The quantitative estimate of drug-likeness (QED) is 0.660. The second-order valence-corrected chi connectivity index (χ2v) is 8.70. The van der Waals surface area contributed by atoms with Gasteiger partial charge in [0.2, 0.25) is 0 Å². The van der Waals surface area contributed by atoms with Crippen LogP contribution in [0.3, 0.4) is 0 Å². The zero-order valence-electron chi connectivity index (χ0n) is 20.2. The highest BCUT2D eigenvalue weighted by Crippen LogP contribution is 2.30. The Balaban J connectivity index is 0.000000194. The first-order chi connectivity index (χ1) is 16.1. The van der Waals surface area contributed by atoms with E-state index in [4.69, 9.17) is 14.2 Å². The molecule has 6 heteroatoms. The molecule has 0 atom stereocenters. The van der Waals surface area contributed by atoms with Crippen LogP contribution in [-0.4, -0.2) is 64.9 Å². The Kier molecular flexibility index (Phi) is 10.0. The zero-order chi connectivity index (χ0) is 23.5. The number of carbonyl (C=O) groups is 1. The third-order valence-corrected chi connectivity index (χ3v) is 6.64. The largest absolute Gasteiger partial charge is 0.497 e. The van der Waals surface area contributed by atoms with Gasteiger partial charge in [0, 0.05) is 0 Å². The molecule has 4 rings (SSSR count). The molecule has 1 N–H and O–H groups in total. The molecule has 0 spiro atoms. The number of nitrogens with one attached hydrogen (secondary N) is 1. The molecule has 33 heavy (non-hydrogen) atoms. The van der Waals surface area contributed by atoms with Crippen LogP contribution >= 0.6 is 0 Å². The summed E-state index contributed by atoms with van der Waals surface area (Å²) in [7, 11) is 4.85. The SMILES string of the molecule is COC(=O)CN1CCC(c2cccc(OC)c2)CC1.COc1cccc(C2CCNCC2)c1. The molecule has 2 aromatic carbocycles. The van der Waals surface area contributed by atoms with Crippen molar-refractivity contribution in [2.24, 2.45) is 0 Å². The van der Waals surface area contributed by atoms with Crippen LogP contribution in [0.25, 0.3) is 0 Å². The molecule has 0 unspecified atom stereocenters. The summed E-state index contributed by atoms with van der Waals surface area (Å²) < 4.78 is 15.2. The minimum atomic E-state index is -0.153. The van der Waals surface area contributed by atoms with Crippen LogP contribution in [0.4, 0.5) is 0 Å². The van der Waals surface area contributed by atoms with Crippen molar-refractivity contribution in [2.75, 3.05) is 54.1 Å². The molecule has 0 radical (unpaired) electrons. The molecule has 0 bridgehead atoms. The second kappa shape index (κ2) is 13.2. The lowest BCUT2D eigenvalue weighted by atomic mass is 9.89. The fourth-order valence-electron chi connectivity index (χ4n) is 4.62. The summed E-state index contributed by atoms with van der Waals surface area (Å²) >= 11 is 0. The van der Waals surface area contributed by atoms with E-state index < -0.39 is 0 Å². The van der Waals surface area contributed by atoms with Gasteiger partial charge in [0.25, 0.3) is 0 Å². The third-order valence-electron chi connectivity index (χ3n) is 6.64. The van der Waals surface area contributed by atoms with E-state index in [-0.39, 0.29) is 5.97 Å². The van der Waals surface area contributed by atoms with E-state index in [2.05, 4.69) is 40.5 Å². The van der Waals surface area contributed by atoms with Gasteiger partial charge in [0.15, 0.2) is 0 Å². The van der Waals surface area contributed by atoms with Crippen LogP contribution < -0.4 is 14.8 Å². The summed E-state index contributed by atoms with van der Waals surface area (Å²) in [6.07, 6.45) is 4.63. The Bertz CT molecular complexity index is 859. The van der Waals surface area contributed by atoms with Gasteiger partial charge in [-0.1, -0.05) is 24.3 Å². The zero-order valence-corrected chi connectivity index (χ0v) is 20.2. The van der Waals surface area contributed by atoms with E-state index in [1.54, 1.807) is 14.2 Å². The third kappa shape index (κ3) is 7.76. The number of likely N-dealkylation sites (tertiary alicyclic amines) is 1. The topological polar surface area (TPSA) is 60.0 Å². The lowest BCUT2D eigenvalue weighted by Crippen LogP contribution is -2.37. The lowest BCUT2D eigenvalue weighted by molar-refractivity contribution is -0.142. The predicted octanol–water partition coefficient (Wildman–Crippen LogP) is 4.21. The molecular formula is C27H38N2O4. The maximum Gasteiger partial charge on any atom is 0.319 e. The van der Waals surface area contributed by atoms with Crippen LogP contribution in [0.15, 0.2) is 48.5 Å². The van der Waals surface area contributed by atoms with Crippen LogP contribution in [0.2, 0.25) is 0 Å². The molecule has 2 aliphatic heterocycles. The highest BCUT2D eigenvalue weighted by molar-refractivity contribution is 5.71. The van der Waals surface area contributed by atoms with Gasteiger partial charge in [0.05, 0.1) is 27.9 Å². The molecule has 2 fully saturated rings. The van der Waals surface area contributed by atoms with E-state index in [1.807, 2.05) is 18.2 Å². The number of nitrogens with zero attached hydrogens (tertiary/aromatic N) is 1. The molecule has 2 aliphatic rings.